The van der Waals surface area contributed by atoms with E-state index in [4.69, 9.17) is 0 Å². The zero-order valence-corrected chi connectivity index (χ0v) is 18.9. The molecule has 2 N–H and O–H groups in total. The Kier molecular flexibility index (Phi) is 6.42. The average molecular weight is 447 g/mol. The summed E-state index contributed by atoms with van der Waals surface area (Å²) >= 11 is 0. The number of aromatic nitrogens is 1. The summed E-state index contributed by atoms with van der Waals surface area (Å²) in [4.78, 5) is 26.8. The Hall–Kier alpha value is -3.71. The van der Waals surface area contributed by atoms with Gasteiger partial charge in [0.15, 0.2) is 0 Å². The zero-order chi connectivity index (χ0) is 23.5. The van der Waals surface area contributed by atoms with Gasteiger partial charge in [0.25, 0.3) is 0 Å². The molecule has 4 aromatic rings. The van der Waals surface area contributed by atoms with Gasteiger partial charge in [-0.1, -0.05) is 24.3 Å². The number of rotatable bonds is 7. The molecule has 3 aromatic carbocycles. The van der Waals surface area contributed by atoms with Crippen LogP contribution in [0, 0.1) is 5.82 Å². The minimum absolute atomic E-state index is 0.00583. The predicted molar refractivity (Wildman–Crippen MR) is 131 cm³/mol. The van der Waals surface area contributed by atoms with Crippen LogP contribution >= 0.6 is 0 Å². The molecule has 1 heterocycles. The van der Waals surface area contributed by atoms with Crippen LogP contribution in [0.25, 0.3) is 21.8 Å². The lowest BCUT2D eigenvalue weighted by Crippen LogP contribution is -2.43. The zero-order valence-electron chi connectivity index (χ0n) is 18.9. The molecule has 1 aromatic heterocycles. The molecular weight excluding hydrogens is 419 g/mol. The second-order valence-electron chi connectivity index (χ2n) is 8.13. The van der Waals surface area contributed by atoms with Gasteiger partial charge in [-0.25, -0.2) is 4.39 Å². The number of carbonyl (C=O) groups excluding carboxylic acids is 2. The number of nitrogens with zero attached hydrogens (tertiary/aromatic N) is 2. The molecule has 4 rings (SSSR count). The second-order valence-corrected chi connectivity index (χ2v) is 8.13. The first kappa shape index (κ1) is 22.5. The molecule has 0 saturated carbocycles. The van der Waals surface area contributed by atoms with Crippen molar-refractivity contribution in [1.82, 2.24) is 9.47 Å². The van der Waals surface area contributed by atoms with Crippen molar-refractivity contribution in [3.05, 3.63) is 72.5 Å². The number of aryl methyl sites for hydroxylation is 1. The highest BCUT2D eigenvalue weighted by Gasteiger charge is 2.21. The van der Waals surface area contributed by atoms with E-state index in [9.17, 15) is 14.0 Å². The fourth-order valence-corrected chi connectivity index (χ4v) is 4.05. The van der Waals surface area contributed by atoms with Crippen molar-refractivity contribution in [2.45, 2.75) is 26.4 Å². The van der Waals surface area contributed by atoms with Crippen LogP contribution in [0.5, 0.6) is 0 Å². The Labute approximate surface area is 192 Å². The Balaban J connectivity index is 1.44. The molecule has 170 valence electrons. The van der Waals surface area contributed by atoms with E-state index in [0.29, 0.717) is 11.4 Å². The number of nitrogens with one attached hydrogen (secondary N) is 2. The Bertz CT molecular complexity index is 1330. The van der Waals surface area contributed by atoms with Crippen LogP contribution in [-0.2, 0) is 16.1 Å². The van der Waals surface area contributed by atoms with Gasteiger partial charge in [0.1, 0.15) is 5.82 Å². The maximum Gasteiger partial charge on any atom is 0.241 e. The molecule has 0 saturated heterocycles. The first-order valence-corrected chi connectivity index (χ1v) is 10.9. The third kappa shape index (κ3) is 4.73. The topological polar surface area (TPSA) is 66.4 Å². The summed E-state index contributed by atoms with van der Waals surface area (Å²) in [6, 6.07) is 19.3. The minimum atomic E-state index is -0.545. The third-order valence-electron chi connectivity index (χ3n) is 5.90. The smallest absolute Gasteiger partial charge is 0.241 e. The van der Waals surface area contributed by atoms with Gasteiger partial charge in [-0.2, -0.15) is 0 Å². The van der Waals surface area contributed by atoms with E-state index in [1.807, 2.05) is 30.3 Å². The fourth-order valence-electron chi connectivity index (χ4n) is 4.05. The Morgan fingerprint density at radius 1 is 0.939 bits per heavy atom. The highest BCUT2D eigenvalue weighted by atomic mass is 19.1. The number of para-hydroxylation sites is 1. The van der Waals surface area contributed by atoms with Crippen LogP contribution in [-0.4, -0.2) is 40.9 Å². The number of fused-ring (bicyclic) bond motifs is 3. The maximum atomic E-state index is 13.3. The van der Waals surface area contributed by atoms with Crippen LogP contribution in [0.2, 0.25) is 0 Å². The quantitative estimate of drug-likeness (QED) is 0.426. The summed E-state index contributed by atoms with van der Waals surface area (Å²) < 4.78 is 15.6. The molecule has 6 nitrogen and oxygen atoms in total. The predicted octanol–water partition coefficient (Wildman–Crippen LogP) is 4.85. The number of anilines is 2. The van der Waals surface area contributed by atoms with E-state index < -0.39 is 11.9 Å². The summed E-state index contributed by atoms with van der Waals surface area (Å²) in [5.41, 5.74) is 3.37. The lowest BCUT2D eigenvalue weighted by atomic mass is 10.1. The van der Waals surface area contributed by atoms with Gasteiger partial charge in [-0.15, -0.1) is 0 Å². The van der Waals surface area contributed by atoms with Crippen molar-refractivity contribution < 1.29 is 14.0 Å². The number of likely N-dealkylation sites (N-methyl/N-ethyl adjacent to an activating group) is 1. The van der Waals surface area contributed by atoms with Crippen LogP contribution in [0.3, 0.4) is 0 Å². The second kappa shape index (κ2) is 9.42. The van der Waals surface area contributed by atoms with Crippen LogP contribution < -0.4 is 10.6 Å². The molecule has 33 heavy (non-hydrogen) atoms. The summed E-state index contributed by atoms with van der Waals surface area (Å²) in [6.45, 7) is 4.71. The highest BCUT2D eigenvalue weighted by Crippen LogP contribution is 2.31. The van der Waals surface area contributed by atoms with Crippen LogP contribution in [0.4, 0.5) is 15.8 Å². The number of hydrogen-bond acceptors (Lipinski definition) is 3. The molecule has 0 unspecified atom stereocenters. The van der Waals surface area contributed by atoms with Crippen molar-refractivity contribution in [3.8, 4) is 0 Å². The van der Waals surface area contributed by atoms with Gasteiger partial charge in [-0.05, 0) is 63.4 Å². The molecular formula is C26H27FN4O2. The van der Waals surface area contributed by atoms with Crippen molar-refractivity contribution in [2.24, 2.45) is 0 Å². The Morgan fingerprint density at radius 2 is 1.67 bits per heavy atom. The van der Waals surface area contributed by atoms with Crippen molar-refractivity contribution in [2.75, 3.05) is 24.2 Å². The van der Waals surface area contributed by atoms with E-state index in [1.165, 1.54) is 18.2 Å². The number of hydrogen-bond donors (Lipinski definition) is 2. The minimum Gasteiger partial charge on any atom is -0.341 e. The molecule has 0 aliphatic heterocycles. The van der Waals surface area contributed by atoms with Gasteiger partial charge in [0.05, 0.1) is 12.6 Å². The number of carbonyl (C=O) groups is 2. The SMILES string of the molecule is CCn1c2ccccc2c2cc(NC(=O)[C@H](C)N(C)CC(=O)Nc3cccc(F)c3)ccc21. The van der Waals surface area contributed by atoms with Gasteiger partial charge in [0, 0.05) is 39.7 Å². The average Bonchev–Trinajstić information content (AvgIpc) is 3.11. The van der Waals surface area contributed by atoms with E-state index in [-0.39, 0.29) is 18.4 Å². The van der Waals surface area contributed by atoms with Crippen LogP contribution in [0.15, 0.2) is 66.7 Å². The normalized spacial score (nSPS) is 12.3. The standard InChI is InChI=1S/C26H27FN4O2/c1-4-31-23-11-6-5-10-21(23)22-15-20(12-13-24(22)31)29-26(33)17(2)30(3)16-25(32)28-19-9-7-8-18(27)14-19/h5-15,17H,4,16H2,1-3H3,(H,28,32)(H,29,33)/t17-/m0/s1. The van der Waals surface area contributed by atoms with Gasteiger partial charge in [0.2, 0.25) is 11.8 Å². The molecule has 2 amide bonds. The first-order valence-electron chi connectivity index (χ1n) is 10.9. The summed E-state index contributed by atoms with van der Waals surface area (Å²) in [6.07, 6.45) is 0. The lowest BCUT2D eigenvalue weighted by Gasteiger charge is -2.23. The monoisotopic (exact) mass is 446 g/mol. The number of halogens is 1. The largest absolute Gasteiger partial charge is 0.341 e. The van der Waals surface area contributed by atoms with Crippen molar-refractivity contribution >= 4 is 45.0 Å². The van der Waals surface area contributed by atoms with Gasteiger partial charge >= 0.3 is 0 Å². The molecule has 0 fully saturated rings. The molecule has 0 aliphatic rings. The summed E-state index contributed by atoms with van der Waals surface area (Å²) in [5.74, 6) is -0.959. The molecule has 0 radical (unpaired) electrons. The number of amides is 2. The van der Waals surface area contributed by atoms with E-state index in [0.717, 1.165) is 28.4 Å². The fraction of sp³-hybridized carbons (Fsp3) is 0.231. The summed E-state index contributed by atoms with van der Waals surface area (Å²) in [5, 5.41) is 7.84. The highest BCUT2D eigenvalue weighted by molar-refractivity contribution is 6.10. The maximum absolute atomic E-state index is 13.3. The van der Waals surface area contributed by atoms with Crippen LogP contribution in [0.1, 0.15) is 13.8 Å². The Morgan fingerprint density at radius 3 is 2.42 bits per heavy atom. The van der Waals surface area contributed by atoms with E-state index >= 15 is 0 Å². The molecule has 7 heteroatoms. The summed E-state index contributed by atoms with van der Waals surface area (Å²) in [7, 11) is 1.70. The third-order valence-corrected chi connectivity index (χ3v) is 5.90. The lowest BCUT2D eigenvalue weighted by molar-refractivity contribution is -0.122. The number of benzene rings is 3. The first-order chi connectivity index (χ1) is 15.9. The molecule has 0 aliphatic carbocycles. The van der Waals surface area contributed by atoms with Gasteiger partial charge < -0.3 is 15.2 Å². The van der Waals surface area contributed by atoms with Crippen molar-refractivity contribution in [3.63, 3.8) is 0 Å². The molecule has 0 bridgehead atoms. The molecule has 0 spiro atoms. The van der Waals surface area contributed by atoms with E-state index in [2.05, 4.69) is 34.3 Å². The molecule has 1 atom stereocenters. The van der Waals surface area contributed by atoms with Crippen molar-refractivity contribution in [1.29, 1.82) is 0 Å². The van der Waals surface area contributed by atoms with E-state index in [1.54, 1.807) is 24.9 Å². The van der Waals surface area contributed by atoms with Gasteiger partial charge in [-0.3, -0.25) is 14.5 Å².